The predicted octanol–water partition coefficient (Wildman–Crippen LogP) is 2.42. The van der Waals surface area contributed by atoms with E-state index >= 15 is 0 Å². The van der Waals surface area contributed by atoms with Gasteiger partial charge in [0, 0.05) is 36.2 Å². The van der Waals surface area contributed by atoms with Gasteiger partial charge >= 0.3 is 0 Å². The van der Waals surface area contributed by atoms with Crippen molar-refractivity contribution in [1.82, 2.24) is 10.2 Å². The molecule has 94 valence electrons. The number of hydrogen-bond acceptors (Lipinski definition) is 3. The normalized spacial score (nSPS) is 18.6. The third kappa shape index (κ3) is 3.47. The van der Waals surface area contributed by atoms with Gasteiger partial charge in [-0.1, -0.05) is 25.1 Å². The standard InChI is InChI=1S/C14H22N2S/c1-3-15-8-9-16(2)10-12-11-17-14-7-5-4-6-13(12)14/h4-7,12,15H,3,8-11H2,1-2H3. The smallest absolute Gasteiger partial charge is 0.0108 e. The molecule has 0 bridgehead atoms. The molecule has 1 aromatic carbocycles. The molecule has 1 aliphatic heterocycles. The first-order chi connectivity index (χ1) is 8.31. The highest BCUT2D eigenvalue weighted by Gasteiger charge is 2.23. The topological polar surface area (TPSA) is 15.3 Å². The van der Waals surface area contributed by atoms with Crippen LogP contribution in [0.15, 0.2) is 29.2 Å². The zero-order valence-electron chi connectivity index (χ0n) is 10.8. The van der Waals surface area contributed by atoms with E-state index in [2.05, 4.69) is 48.5 Å². The molecule has 1 unspecified atom stereocenters. The Balaban J connectivity index is 1.84. The van der Waals surface area contributed by atoms with E-state index in [9.17, 15) is 0 Å². The van der Waals surface area contributed by atoms with Crippen molar-refractivity contribution in [1.29, 1.82) is 0 Å². The van der Waals surface area contributed by atoms with Crippen molar-refractivity contribution in [3.05, 3.63) is 29.8 Å². The number of likely N-dealkylation sites (N-methyl/N-ethyl adjacent to an activating group) is 2. The second-order valence-corrected chi connectivity index (χ2v) is 5.72. The fourth-order valence-electron chi connectivity index (χ4n) is 2.29. The zero-order valence-corrected chi connectivity index (χ0v) is 11.6. The van der Waals surface area contributed by atoms with Crippen LogP contribution in [-0.2, 0) is 0 Å². The fraction of sp³-hybridized carbons (Fsp3) is 0.571. The van der Waals surface area contributed by atoms with Gasteiger partial charge in [0.15, 0.2) is 0 Å². The van der Waals surface area contributed by atoms with E-state index in [1.165, 1.54) is 17.2 Å². The second kappa shape index (κ2) is 6.43. The van der Waals surface area contributed by atoms with Crippen LogP contribution < -0.4 is 5.32 Å². The number of rotatable bonds is 6. The van der Waals surface area contributed by atoms with Gasteiger partial charge in [-0.05, 0) is 25.2 Å². The van der Waals surface area contributed by atoms with E-state index in [4.69, 9.17) is 0 Å². The minimum Gasteiger partial charge on any atom is -0.316 e. The summed E-state index contributed by atoms with van der Waals surface area (Å²) in [5, 5.41) is 3.38. The van der Waals surface area contributed by atoms with Crippen LogP contribution in [0.1, 0.15) is 18.4 Å². The van der Waals surface area contributed by atoms with Crippen LogP contribution in [0.2, 0.25) is 0 Å². The Kier molecular flexibility index (Phi) is 4.89. The Labute approximate surface area is 109 Å². The van der Waals surface area contributed by atoms with Gasteiger partial charge in [-0.25, -0.2) is 0 Å². The largest absolute Gasteiger partial charge is 0.316 e. The molecule has 1 N–H and O–H groups in total. The maximum atomic E-state index is 3.38. The lowest BCUT2D eigenvalue weighted by atomic mass is 10.0. The molecule has 0 fully saturated rings. The lowest BCUT2D eigenvalue weighted by Gasteiger charge is -2.21. The Morgan fingerprint density at radius 1 is 1.41 bits per heavy atom. The van der Waals surface area contributed by atoms with Crippen LogP contribution in [0, 0.1) is 0 Å². The molecule has 2 rings (SSSR count). The molecule has 1 aromatic rings. The van der Waals surface area contributed by atoms with Crippen LogP contribution in [0.3, 0.4) is 0 Å². The number of thioether (sulfide) groups is 1. The third-order valence-electron chi connectivity index (χ3n) is 3.25. The molecule has 2 nitrogen and oxygen atoms in total. The number of fused-ring (bicyclic) bond motifs is 1. The van der Waals surface area contributed by atoms with Gasteiger partial charge in [-0.15, -0.1) is 11.8 Å². The van der Waals surface area contributed by atoms with Crippen molar-refractivity contribution in [2.45, 2.75) is 17.7 Å². The fourth-order valence-corrected chi connectivity index (χ4v) is 3.54. The van der Waals surface area contributed by atoms with Gasteiger partial charge < -0.3 is 10.2 Å². The molecule has 3 heteroatoms. The van der Waals surface area contributed by atoms with Crippen molar-refractivity contribution in [2.24, 2.45) is 0 Å². The molecule has 1 aliphatic rings. The zero-order chi connectivity index (χ0) is 12.1. The first kappa shape index (κ1) is 12.9. The molecule has 0 amide bonds. The van der Waals surface area contributed by atoms with Crippen LogP contribution in [0.5, 0.6) is 0 Å². The summed E-state index contributed by atoms with van der Waals surface area (Å²) in [4.78, 5) is 3.92. The monoisotopic (exact) mass is 250 g/mol. The van der Waals surface area contributed by atoms with E-state index in [1.54, 1.807) is 5.56 Å². The number of nitrogens with zero attached hydrogens (tertiary/aromatic N) is 1. The number of nitrogens with one attached hydrogen (secondary N) is 1. The third-order valence-corrected chi connectivity index (χ3v) is 4.50. The van der Waals surface area contributed by atoms with Gasteiger partial charge in [0.25, 0.3) is 0 Å². The van der Waals surface area contributed by atoms with Crippen LogP contribution in [0.25, 0.3) is 0 Å². The van der Waals surface area contributed by atoms with Gasteiger partial charge in [0.2, 0.25) is 0 Å². The summed E-state index contributed by atoms with van der Waals surface area (Å²) < 4.78 is 0. The average molecular weight is 250 g/mol. The molecular formula is C14H22N2S. The molecular weight excluding hydrogens is 228 g/mol. The highest BCUT2D eigenvalue weighted by molar-refractivity contribution is 7.99. The van der Waals surface area contributed by atoms with Gasteiger partial charge in [-0.2, -0.15) is 0 Å². The highest BCUT2D eigenvalue weighted by atomic mass is 32.2. The minimum atomic E-state index is 0.711. The van der Waals surface area contributed by atoms with Crippen molar-refractivity contribution < 1.29 is 0 Å². The second-order valence-electron chi connectivity index (χ2n) is 4.66. The van der Waals surface area contributed by atoms with Crippen LogP contribution in [-0.4, -0.2) is 43.9 Å². The summed E-state index contributed by atoms with van der Waals surface area (Å²) in [5.41, 5.74) is 1.55. The quantitative estimate of drug-likeness (QED) is 0.781. The molecule has 0 saturated carbocycles. The molecule has 0 radical (unpaired) electrons. The van der Waals surface area contributed by atoms with Crippen molar-refractivity contribution in [2.75, 3.05) is 39.0 Å². The first-order valence-electron chi connectivity index (χ1n) is 6.42. The SMILES string of the molecule is CCNCCN(C)CC1CSc2ccccc21. The van der Waals surface area contributed by atoms with Gasteiger partial charge in [0.05, 0.1) is 0 Å². The average Bonchev–Trinajstić information content (AvgIpc) is 2.73. The molecule has 1 atom stereocenters. The summed E-state index contributed by atoms with van der Waals surface area (Å²) in [6, 6.07) is 8.84. The summed E-state index contributed by atoms with van der Waals surface area (Å²) >= 11 is 2.00. The number of benzene rings is 1. The van der Waals surface area contributed by atoms with E-state index in [1.807, 2.05) is 11.8 Å². The maximum absolute atomic E-state index is 3.38. The first-order valence-corrected chi connectivity index (χ1v) is 7.40. The minimum absolute atomic E-state index is 0.711. The summed E-state index contributed by atoms with van der Waals surface area (Å²) in [6.07, 6.45) is 0. The highest BCUT2D eigenvalue weighted by Crippen LogP contribution is 2.39. The van der Waals surface area contributed by atoms with Crippen molar-refractivity contribution >= 4 is 11.8 Å². The number of hydrogen-bond donors (Lipinski definition) is 1. The molecule has 17 heavy (non-hydrogen) atoms. The summed E-state index contributed by atoms with van der Waals surface area (Å²) in [6.45, 7) is 6.63. The molecule has 0 aliphatic carbocycles. The summed E-state index contributed by atoms with van der Waals surface area (Å²) in [5.74, 6) is 1.95. The van der Waals surface area contributed by atoms with Crippen molar-refractivity contribution in [3.63, 3.8) is 0 Å². The Morgan fingerprint density at radius 3 is 3.06 bits per heavy atom. The Morgan fingerprint density at radius 2 is 2.24 bits per heavy atom. The molecule has 0 saturated heterocycles. The maximum Gasteiger partial charge on any atom is 0.0108 e. The van der Waals surface area contributed by atoms with E-state index in [0.29, 0.717) is 5.92 Å². The van der Waals surface area contributed by atoms with Crippen molar-refractivity contribution in [3.8, 4) is 0 Å². The van der Waals surface area contributed by atoms with Gasteiger partial charge in [0.1, 0.15) is 0 Å². The summed E-state index contributed by atoms with van der Waals surface area (Å²) in [7, 11) is 2.23. The lowest BCUT2D eigenvalue weighted by molar-refractivity contribution is 0.318. The van der Waals surface area contributed by atoms with E-state index in [0.717, 1.165) is 19.6 Å². The molecule has 0 spiro atoms. The van der Waals surface area contributed by atoms with Gasteiger partial charge in [-0.3, -0.25) is 0 Å². The van der Waals surface area contributed by atoms with E-state index in [-0.39, 0.29) is 0 Å². The van der Waals surface area contributed by atoms with Crippen LogP contribution >= 0.6 is 11.8 Å². The Hall–Kier alpha value is -0.510. The van der Waals surface area contributed by atoms with E-state index < -0.39 is 0 Å². The predicted molar refractivity (Wildman–Crippen MR) is 75.9 cm³/mol. The van der Waals surface area contributed by atoms with Crippen LogP contribution in [0.4, 0.5) is 0 Å². The Bertz CT molecular complexity index is 354. The molecule has 0 aromatic heterocycles. The molecule has 1 heterocycles. The lowest BCUT2D eigenvalue weighted by Crippen LogP contribution is -2.32.